The van der Waals surface area contributed by atoms with E-state index in [1.165, 1.54) is 4.90 Å². The molecule has 0 saturated carbocycles. The van der Waals surface area contributed by atoms with Gasteiger partial charge in [0.25, 0.3) is 0 Å². The predicted octanol–water partition coefficient (Wildman–Crippen LogP) is 6.38. The Morgan fingerprint density at radius 2 is 1.94 bits per heavy atom. The fourth-order valence-electron chi connectivity index (χ4n) is 3.16. The molecule has 2 aromatic carbocycles. The van der Waals surface area contributed by atoms with Gasteiger partial charge in [0, 0.05) is 18.2 Å². The lowest BCUT2D eigenvalue weighted by molar-refractivity contribution is -0.0503. The fraction of sp³-hybridized carbons (Fsp3) is 0.435. The van der Waals surface area contributed by atoms with Crippen LogP contribution in [0.25, 0.3) is 0 Å². The maximum Gasteiger partial charge on any atom is 0.410 e. The van der Waals surface area contributed by atoms with Crippen molar-refractivity contribution in [1.82, 2.24) is 4.90 Å². The number of hydrogen-bond acceptors (Lipinski definition) is 4. The summed E-state index contributed by atoms with van der Waals surface area (Å²) in [6, 6.07) is 11.4. The van der Waals surface area contributed by atoms with Crippen LogP contribution >= 0.6 is 38.5 Å². The van der Waals surface area contributed by atoms with Crippen molar-refractivity contribution in [2.45, 2.75) is 41.4 Å². The minimum atomic E-state index is -1.02. The highest BCUT2D eigenvalue weighted by atomic mass is 127. The second-order valence-corrected chi connectivity index (χ2v) is 11.2. The molecule has 1 aliphatic rings. The van der Waals surface area contributed by atoms with Crippen LogP contribution in [0.3, 0.4) is 0 Å². The summed E-state index contributed by atoms with van der Waals surface area (Å²) < 4.78 is 45.5. The highest BCUT2D eigenvalue weighted by Crippen LogP contribution is 2.45. The summed E-state index contributed by atoms with van der Waals surface area (Å²) in [6.07, 6.45) is -0.474. The molecule has 0 aliphatic carbocycles. The van der Waals surface area contributed by atoms with Crippen molar-refractivity contribution in [2.75, 3.05) is 19.7 Å². The maximum atomic E-state index is 15.0. The Kier molecular flexibility index (Phi) is 8.03. The van der Waals surface area contributed by atoms with Crippen LogP contribution < -0.4 is 4.74 Å². The van der Waals surface area contributed by atoms with Crippen molar-refractivity contribution in [3.63, 3.8) is 0 Å². The molecule has 0 aromatic heterocycles. The van der Waals surface area contributed by atoms with Crippen molar-refractivity contribution < 1.29 is 27.8 Å². The number of benzene rings is 2. The highest BCUT2D eigenvalue weighted by molar-refractivity contribution is 14.1. The number of rotatable bonds is 5. The van der Waals surface area contributed by atoms with Crippen molar-refractivity contribution in [1.29, 1.82) is 0 Å². The number of nitrogens with zero attached hydrogens (tertiary/aromatic N) is 1. The number of carbonyl (C=O) groups is 1. The van der Waals surface area contributed by atoms with E-state index in [0.29, 0.717) is 6.54 Å². The van der Waals surface area contributed by atoms with Gasteiger partial charge in [0.15, 0.2) is 15.2 Å². The molecule has 3 rings (SSSR count). The first-order valence-electron chi connectivity index (χ1n) is 10.1. The van der Waals surface area contributed by atoms with Crippen LogP contribution in [0.1, 0.15) is 36.7 Å². The summed E-state index contributed by atoms with van der Waals surface area (Å²) >= 11 is 5.50. The van der Waals surface area contributed by atoms with Gasteiger partial charge in [-0.05, 0) is 55.0 Å². The van der Waals surface area contributed by atoms with E-state index in [1.807, 2.05) is 52.9 Å². The number of amides is 1. The first-order valence-corrected chi connectivity index (χ1v) is 12.1. The van der Waals surface area contributed by atoms with E-state index < -0.39 is 31.8 Å². The van der Waals surface area contributed by atoms with Crippen LogP contribution in [-0.2, 0) is 16.1 Å². The Hall–Kier alpha value is -1.46. The van der Waals surface area contributed by atoms with Crippen LogP contribution in [-0.4, -0.2) is 39.9 Å². The zero-order valence-corrected chi connectivity index (χ0v) is 21.8. The van der Waals surface area contributed by atoms with Crippen molar-refractivity contribution in [2.24, 2.45) is 0 Å². The zero-order chi connectivity index (χ0) is 23.5. The number of carbonyl (C=O) groups excluding carboxylic acids is 1. The lowest BCUT2D eigenvalue weighted by atomic mass is 10.0. The number of ether oxygens (including phenoxy) is 3. The largest absolute Gasteiger partial charge is 0.486 e. The number of alkyl halides is 2. The normalized spacial score (nSPS) is 20.0. The summed E-state index contributed by atoms with van der Waals surface area (Å²) in [5.74, 6) is -1.48. The zero-order valence-electron chi connectivity index (χ0n) is 18.0. The third-order valence-corrected chi connectivity index (χ3v) is 8.07. The molecule has 2 unspecified atom stereocenters. The van der Waals surface area contributed by atoms with Gasteiger partial charge in [-0.1, -0.05) is 46.3 Å². The standard InChI is InChI=1S/C23H25BrF2INO4/c1-22(2,3)32-21(29)28-9-10-31-23(27,14-28)20(24)16-11-18(26)19(12-17(16)25)30-13-15-7-5-4-6-8-15/h4-8,11-12,20H,9-10,13-14H2,1-3H3. The number of halogens is 4. The Balaban J connectivity index is 1.75. The van der Waals surface area contributed by atoms with Gasteiger partial charge in [0.05, 0.1) is 18.0 Å². The van der Waals surface area contributed by atoms with Gasteiger partial charge in [-0.25, -0.2) is 13.6 Å². The van der Waals surface area contributed by atoms with Crippen molar-refractivity contribution in [3.8, 4) is 5.75 Å². The van der Waals surface area contributed by atoms with Gasteiger partial charge in [-0.15, -0.1) is 0 Å². The van der Waals surface area contributed by atoms with Gasteiger partial charge in [-0.2, -0.15) is 0 Å². The van der Waals surface area contributed by atoms with E-state index in [2.05, 4.69) is 15.9 Å². The Morgan fingerprint density at radius 1 is 1.25 bits per heavy atom. The molecule has 0 bridgehead atoms. The van der Waals surface area contributed by atoms with E-state index in [-0.39, 0.29) is 31.1 Å². The molecular formula is C23H25BrF2INO4. The Bertz CT molecular complexity index is 957. The molecule has 1 fully saturated rings. The average molecular weight is 624 g/mol. The van der Waals surface area contributed by atoms with E-state index in [1.54, 1.807) is 20.8 Å². The third kappa shape index (κ3) is 6.32. The molecule has 1 aliphatic heterocycles. The van der Waals surface area contributed by atoms with E-state index in [9.17, 15) is 13.6 Å². The molecule has 32 heavy (non-hydrogen) atoms. The van der Waals surface area contributed by atoms with Gasteiger partial charge in [0.1, 0.15) is 18.0 Å². The Morgan fingerprint density at radius 3 is 2.59 bits per heavy atom. The van der Waals surface area contributed by atoms with Crippen molar-refractivity contribution in [3.05, 3.63) is 65.2 Å². The minimum Gasteiger partial charge on any atom is -0.486 e. The molecule has 2 atom stereocenters. The second kappa shape index (κ2) is 10.2. The third-order valence-electron chi connectivity index (χ3n) is 4.70. The smallest absolute Gasteiger partial charge is 0.410 e. The fourth-order valence-corrected chi connectivity index (χ4v) is 4.76. The quantitative estimate of drug-likeness (QED) is 0.287. The van der Waals surface area contributed by atoms with E-state index in [4.69, 9.17) is 14.2 Å². The monoisotopic (exact) mass is 623 g/mol. The topological polar surface area (TPSA) is 48.0 Å². The lowest BCUT2D eigenvalue weighted by Crippen LogP contribution is -2.53. The van der Waals surface area contributed by atoms with E-state index in [0.717, 1.165) is 17.7 Å². The van der Waals surface area contributed by atoms with Crippen molar-refractivity contribution >= 4 is 44.6 Å². The van der Waals surface area contributed by atoms with Gasteiger partial charge in [0.2, 0.25) is 0 Å². The number of hydrogen-bond donors (Lipinski definition) is 0. The highest BCUT2D eigenvalue weighted by Gasteiger charge is 2.44. The molecule has 1 saturated heterocycles. The first-order chi connectivity index (χ1) is 15.0. The average Bonchev–Trinajstić information content (AvgIpc) is 2.73. The molecule has 0 N–H and O–H groups in total. The SMILES string of the molecule is CC(C)(C)OC(=O)N1CCOC(I)(C(Br)c2cc(F)c(OCc3ccccc3)cc2F)C1. The molecule has 1 amide bonds. The predicted molar refractivity (Wildman–Crippen MR) is 129 cm³/mol. The summed E-state index contributed by atoms with van der Waals surface area (Å²) in [7, 11) is 0. The summed E-state index contributed by atoms with van der Waals surface area (Å²) in [5, 5.41) is 0. The first kappa shape index (κ1) is 25.2. The molecule has 1 heterocycles. The minimum absolute atomic E-state index is 0.0787. The van der Waals surface area contributed by atoms with Crippen LogP contribution in [0.5, 0.6) is 5.75 Å². The molecule has 5 nitrogen and oxygen atoms in total. The lowest BCUT2D eigenvalue weighted by Gasteiger charge is -2.42. The molecule has 0 spiro atoms. The molecule has 2 aromatic rings. The maximum absolute atomic E-state index is 15.0. The second-order valence-electron chi connectivity index (χ2n) is 8.48. The van der Waals surface area contributed by atoms with E-state index >= 15 is 0 Å². The molecular weight excluding hydrogens is 599 g/mol. The van der Waals surface area contributed by atoms with Crippen LogP contribution in [0, 0.1) is 11.6 Å². The van der Waals surface area contributed by atoms with Gasteiger partial charge >= 0.3 is 6.09 Å². The summed E-state index contributed by atoms with van der Waals surface area (Å²) in [4.78, 5) is 13.3. The number of morpholine rings is 1. The van der Waals surface area contributed by atoms with Crippen LogP contribution in [0.15, 0.2) is 42.5 Å². The van der Waals surface area contributed by atoms with Crippen LogP contribution in [0.4, 0.5) is 13.6 Å². The molecule has 174 valence electrons. The summed E-state index contributed by atoms with van der Waals surface area (Å²) in [6.45, 7) is 6.22. The van der Waals surface area contributed by atoms with Gasteiger partial charge in [-0.3, -0.25) is 0 Å². The Labute approximate surface area is 208 Å². The summed E-state index contributed by atoms with van der Waals surface area (Å²) in [5.41, 5.74) is 0.288. The molecule has 0 radical (unpaired) electrons. The van der Waals surface area contributed by atoms with Gasteiger partial charge < -0.3 is 19.1 Å². The molecule has 9 heteroatoms. The van der Waals surface area contributed by atoms with Crippen LogP contribution in [0.2, 0.25) is 0 Å².